The molecule has 0 atom stereocenters. The number of fused-ring (bicyclic) bond motifs is 1. The number of carbonyl (C=O) groups is 1. The van der Waals surface area contributed by atoms with Gasteiger partial charge in [0.1, 0.15) is 5.01 Å². The third-order valence-electron chi connectivity index (χ3n) is 3.72. The maximum atomic E-state index is 12.1. The van der Waals surface area contributed by atoms with Crippen LogP contribution in [0.15, 0.2) is 41.1 Å². The quantitative estimate of drug-likeness (QED) is 0.698. The zero-order chi connectivity index (χ0) is 17.8. The van der Waals surface area contributed by atoms with Crippen LogP contribution >= 0.6 is 22.7 Å². The number of benzene rings is 1. The Labute approximate surface area is 158 Å². The molecule has 1 aliphatic heterocycles. The molecule has 2 aromatic heterocycles. The Morgan fingerprint density at radius 1 is 1.15 bits per heavy atom. The van der Waals surface area contributed by atoms with Crippen LogP contribution in [0.25, 0.3) is 9.88 Å². The van der Waals surface area contributed by atoms with Gasteiger partial charge in [0.05, 0.1) is 30.3 Å². The molecule has 0 saturated heterocycles. The summed E-state index contributed by atoms with van der Waals surface area (Å²) in [4.78, 5) is 17.8. The summed E-state index contributed by atoms with van der Waals surface area (Å²) < 4.78 is 11.2. The fraction of sp³-hybridized carbons (Fsp3) is 0.222. The van der Waals surface area contributed by atoms with E-state index in [-0.39, 0.29) is 6.03 Å². The minimum absolute atomic E-state index is 0.287. The monoisotopic (exact) mass is 387 g/mol. The van der Waals surface area contributed by atoms with E-state index in [2.05, 4.69) is 15.6 Å². The van der Waals surface area contributed by atoms with E-state index in [1.807, 2.05) is 29.0 Å². The van der Waals surface area contributed by atoms with Gasteiger partial charge in [-0.2, -0.15) is 0 Å². The normalized spacial score (nSPS) is 13.1. The first-order valence-electron chi connectivity index (χ1n) is 8.21. The second-order valence-corrected chi connectivity index (χ2v) is 7.45. The summed E-state index contributed by atoms with van der Waals surface area (Å²) in [6.07, 6.45) is 0.846. The van der Waals surface area contributed by atoms with E-state index in [1.54, 1.807) is 34.8 Å². The molecule has 134 valence electrons. The first kappa shape index (κ1) is 16.9. The molecule has 26 heavy (non-hydrogen) atoms. The van der Waals surface area contributed by atoms with Gasteiger partial charge in [-0.15, -0.1) is 22.7 Å². The summed E-state index contributed by atoms with van der Waals surface area (Å²) in [7, 11) is 0. The molecule has 8 heteroatoms. The van der Waals surface area contributed by atoms with Gasteiger partial charge >= 0.3 is 6.03 Å². The number of ether oxygens (including phenoxy) is 2. The molecule has 0 radical (unpaired) electrons. The molecule has 6 nitrogen and oxygen atoms in total. The third kappa shape index (κ3) is 3.97. The number of thiophene rings is 1. The lowest BCUT2D eigenvalue weighted by molar-refractivity contribution is 0.251. The van der Waals surface area contributed by atoms with E-state index in [9.17, 15) is 4.79 Å². The zero-order valence-electron chi connectivity index (χ0n) is 13.9. The van der Waals surface area contributed by atoms with Crippen LogP contribution in [0.1, 0.15) is 12.1 Å². The van der Waals surface area contributed by atoms with Crippen molar-refractivity contribution in [2.75, 3.05) is 18.5 Å². The average molecular weight is 387 g/mol. The largest absolute Gasteiger partial charge is 0.490 e. The number of carbonyl (C=O) groups excluding carboxylic acids is 1. The van der Waals surface area contributed by atoms with Crippen LogP contribution in [0.5, 0.6) is 11.5 Å². The second kappa shape index (κ2) is 7.76. The van der Waals surface area contributed by atoms with E-state index in [0.717, 1.165) is 22.0 Å². The number of rotatable bonds is 4. The molecular formula is C18H17N3O3S2. The van der Waals surface area contributed by atoms with Crippen LogP contribution in [0.4, 0.5) is 10.5 Å². The fourth-order valence-corrected chi connectivity index (χ4v) is 4.12. The molecule has 0 aliphatic carbocycles. The number of anilines is 1. The molecule has 2 N–H and O–H groups in total. The molecule has 3 aromatic rings. The molecule has 3 heterocycles. The fourth-order valence-electron chi connectivity index (χ4n) is 2.49. The van der Waals surface area contributed by atoms with Gasteiger partial charge in [0.2, 0.25) is 0 Å². The van der Waals surface area contributed by atoms with Crippen LogP contribution in [0.2, 0.25) is 0 Å². The zero-order valence-corrected chi connectivity index (χ0v) is 15.5. The van der Waals surface area contributed by atoms with Gasteiger partial charge < -0.3 is 20.1 Å². The number of thiazole rings is 1. The number of aromatic nitrogens is 1. The van der Waals surface area contributed by atoms with E-state index in [1.165, 1.54) is 0 Å². The van der Waals surface area contributed by atoms with Crippen LogP contribution < -0.4 is 20.1 Å². The Hall–Kier alpha value is -2.58. The number of nitrogens with zero attached hydrogens (tertiary/aromatic N) is 1. The first-order chi connectivity index (χ1) is 12.8. The maximum absolute atomic E-state index is 12.1. The molecule has 1 aromatic carbocycles. The molecule has 0 saturated carbocycles. The molecule has 1 aliphatic rings. The summed E-state index contributed by atoms with van der Waals surface area (Å²) in [6.45, 7) is 1.62. The van der Waals surface area contributed by atoms with Crippen molar-refractivity contribution in [3.8, 4) is 21.4 Å². The van der Waals surface area contributed by atoms with E-state index in [0.29, 0.717) is 36.9 Å². The molecule has 0 unspecified atom stereocenters. The summed E-state index contributed by atoms with van der Waals surface area (Å²) >= 11 is 3.23. The SMILES string of the molecule is O=C(NCc1csc(-c2cccs2)n1)Nc1ccc2c(c1)OCCCO2. The topological polar surface area (TPSA) is 72.5 Å². The van der Waals surface area contributed by atoms with Crippen molar-refractivity contribution in [2.45, 2.75) is 13.0 Å². The Morgan fingerprint density at radius 2 is 2.04 bits per heavy atom. The summed E-state index contributed by atoms with van der Waals surface area (Å²) in [5.41, 5.74) is 1.50. The highest BCUT2D eigenvalue weighted by atomic mass is 32.1. The standard InChI is InChI=1S/C18H17N3O3S2/c22-18(19-10-13-11-26-17(20-13)16-3-1-8-25-16)21-12-4-5-14-15(9-12)24-7-2-6-23-14/h1,3-5,8-9,11H,2,6-7,10H2,(H2,19,21,22). The lowest BCUT2D eigenvalue weighted by Gasteiger charge is -2.10. The van der Waals surface area contributed by atoms with Crippen LogP contribution in [0, 0.1) is 0 Å². The molecule has 0 spiro atoms. The number of hydrogen-bond donors (Lipinski definition) is 2. The minimum atomic E-state index is -0.287. The van der Waals surface area contributed by atoms with Gasteiger partial charge in [0.15, 0.2) is 11.5 Å². The van der Waals surface area contributed by atoms with E-state index in [4.69, 9.17) is 9.47 Å². The highest BCUT2D eigenvalue weighted by Gasteiger charge is 2.12. The van der Waals surface area contributed by atoms with Crippen molar-refractivity contribution in [1.29, 1.82) is 0 Å². The van der Waals surface area contributed by atoms with Gasteiger partial charge in [-0.3, -0.25) is 0 Å². The smallest absolute Gasteiger partial charge is 0.319 e. The Kier molecular flexibility index (Phi) is 5.03. The highest BCUT2D eigenvalue weighted by molar-refractivity contribution is 7.20. The molecule has 0 bridgehead atoms. The predicted octanol–water partition coefficient (Wildman–Crippen LogP) is 4.35. The van der Waals surface area contributed by atoms with Gasteiger partial charge in [0.25, 0.3) is 0 Å². The molecule has 4 rings (SSSR count). The van der Waals surface area contributed by atoms with Crippen molar-refractivity contribution < 1.29 is 14.3 Å². The van der Waals surface area contributed by atoms with Gasteiger partial charge in [-0.25, -0.2) is 9.78 Å². The van der Waals surface area contributed by atoms with Crippen LogP contribution in [-0.2, 0) is 6.54 Å². The molecule has 2 amide bonds. The number of amides is 2. The van der Waals surface area contributed by atoms with E-state index < -0.39 is 0 Å². The molecular weight excluding hydrogens is 370 g/mol. The van der Waals surface area contributed by atoms with Crippen molar-refractivity contribution in [1.82, 2.24) is 10.3 Å². The number of hydrogen-bond acceptors (Lipinski definition) is 6. The summed E-state index contributed by atoms with van der Waals surface area (Å²) in [5.74, 6) is 1.36. The van der Waals surface area contributed by atoms with Gasteiger partial charge in [-0.05, 0) is 23.6 Å². The minimum Gasteiger partial charge on any atom is -0.490 e. The second-order valence-electron chi connectivity index (χ2n) is 5.64. The van der Waals surface area contributed by atoms with Crippen molar-refractivity contribution in [3.63, 3.8) is 0 Å². The maximum Gasteiger partial charge on any atom is 0.319 e. The Balaban J connectivity index is 1.34. The Bertz CT molecular complexity index is 893. The highest BCUT2D eigenvalue weighted by Crippen LogP contribution is 2.32. The van der Waals surface area contributed by atoms with Gasteiger partial charge in [-0.1, -0.05) is 6.07 Å². The average Bonchev–Trinajstić information content (AvgIpc) is 3.28. The third-order valence-corrected chi connectivity index (χ3v) is 5.65. The lowest BCUT2D eigenvalue weighted by Crippen LogP contribution is -2.28. The Morgan fingerprint density at radius 3 is 2.88 bits per heavy atom. The number of urea groups is 1. The first-order valence-corrected chi connectivity index (χ1v) is 9.97. The lowest BCUT2D eigenvalue weighted by atomic mass is 10.3. The van der Waals surface area contributed by atoms with Crippen molar-refractivity contribution in [2.24, 2.45) is 0 Å². The summed E-state index contributed by atoms with van der Waals surface area (Å²) in [6, 6.07) is 9.14. The van der Waals surface area contributed by atoms with Crippen molar-refractivity contribution >= 4 is 34.4 Å². The van der Waals surface area contributed by atoms with Crippen LogP contribution in [-0.4, -0.2) is 24.2 Å². The van der Waals surface area contributed by atoms with Gasteiger partial charge in [0, 0.05) is 23.6 Å². The number of nitrogens with one attached hydrogen (secondary N) is 2. The molecule has 0 fully saturated rings. The van der Waals surface area contributed by atoms with E-state index >= 15 is 0 Å². The summed E-state index contributed by atoms with van der Waals surface area (Å²) in [5, 5.41) is 10.6. The van der Waals surface area contributed by atoms with Crippen molar-refractivity contribution in [3.05, 3.63) is 46.8 Å². The van der Waals surface area contributed by atoms with Crippen LogP contribution in [0.3, 0.4) is 0 Å². The predicted molar refractivity (Wildman–Crippen MR) is 103 cm³/mol.